The second-order valence-corrected chi connectivity index (χ2v) is 7.16. The Morgan fingerprint density at radius 1 is 1.23 bits per heavy atom. The zero-order valence-electron chi connectivity index (χ0n) is 15.1. The molecule has 134 valence electrons. The van der Waals surface area contributed by atoms with Crippen molar-refractivity contribution in [2.24, 2.45) is 0 Å². The maximum atomic E-state index is 11.2. The summed E-state index contributed by atoms with van der Waals surface area (Å²) in [4.78, 5) is 12.9. The summed E-state index contributed by atoms with van der Waals surface area (Å²) >= 11 is 0. The van der Waals surface area contributed by atoms with Gasteiger partial charge in [0.2, 0.25) is 5.72 Å². The van der Waals surface area contributed by atoms with Gasteiger partial charge in [-0.1, -0.05) is 18.2 Å². The van der Waals surface area contributed by atoms with E-state index in [0.29, 0.717) is 17.1 Å². The minimum Gasteiger partial charge on any atom is -0.493 e. The molecule has 0 aromatic heterocycles. The van der Waals surface area contributed by atoms with E-state index in [1.54, 1.807) is 0 Å². The van der Waals surface area contributed by atoms with E-state index >= 15 is 0 Å². The van der Waals surface area contributed by atoms with Gasteiger partial charge in [0.05, 0.1) is 23.5 Å². The lowest BCUT2D eigenvalue weighted by Crippen LogP contribution is -2.58. The number of fused-ring (bicyclic) bond motifs is 2. The monoisotopic (exact) mass is 352 g/mol. The number of nitro groups is 1. The van der Waals surface area contributed by atoms with E-state index in [0.717, 1.165) is 5.69 Å². The van der Waals surface area contributed by atoms with Crippen LogP contribution in [0.2, 0.25) is 0 Å². The first kappa shape index (κ1) is 16.4. The maximum absolute atomic E-state index is 11.2. The summed E-state index contributed by atoms with van der Waals surface area (Å²) in [5.41, 5.74) is 1.84. The van der Waals surface area contributed by atoms with Crippen LogP contribution in [0, 0.1) is 10.1 Å². The molecule has 0 radical (unpaired) electrons. The van der Waals surface area contributed by atoms with Gasteiger partial charge in [-0.25, -0.2) is 0 Å². The number of benzene rings is 2. The molecule has 0 aliphatic carbocycles. The van der Waals surface area contributed by atoms with Gasteiger partial charge in [0.15, 0.2) is 11.5 Å². The Morgan fingerprint density at radius 3 is 2.62 bits per heavy atom. The minimum atomic E-state index is -0.743. The SMILES string of the molecule is COc1cc([N+](=O)[O-])cc2c1OC1(C=C2)N(C)c2ccccc2C1(C)C. The van der Waals surface area contributed by atoms with Gasteiger partial charge in [0.1, 0.15) is 0 Å². The van der Waals surface area contributed by atoms with E-state index in [2.05, 4.69) is 30.9 Å². The second-order valence-electron chi connectivity index (χ2n) is 7.16. The summed E-state index contributed by atoms with van der Waals surface area (Å²) in [7, 11) is 3.49. The lowest BCUT2D eigenvalue weighted by Gasteiger charge is -2.45. The number of para-hydroxylation sites is 1. The van der Waals surface area contributed by atoms with Crippen molar-refractivity contribution in [1.82, 2.24) is 0 Å². The van der Waals surface area contributed by atoms with Crippen molar-refractivity contribution >= 4 is 17.5 Å². The molecule has 6 heteroatoms. The van der Waals surface area contributed by atoms with Crippen molar-refractivity contribution < 1.29 is 14.4 Å². The number of non-ortho nitro benzene ring substituents is 1. The van der Waals surface area contributed by atoms with Crippen molar-refractivity contribution in [2.75, 3.05) is 19.1 Å². The number of hydrogen-bond donors (Lipinski definition) is 0. The van der Waals surface area contributed by atoms with Crippen LogP contribution in [-0.4, -0.2) is 24.8 Å². The highest BCUT2D eigenvalue weighted by molar-refractivity contribution is 5.74. The number of nitro benzene ring substituents is 1. The van der Waals surface area contributed by atoms with Gasteiger partial charge in [0.25, 0.3) is 5.69 Å². The first-order chi connectivity index (χ1) is 12.3. The van der Waals surface area contributed by atoms with Gasteiger partial charge in [-0.05, 0) is 37.6 Å². The number of nitrogens with zero attached hydrogens (tertiary/aromatic N) is 2. The van der Waals surface area contributed by atoms with Crippen LogP contribution >= 0.6 is 0 Å². The Bertz CT molecular complexity index is 951. The quantitative estimate of drug-likeness (QED) is 0.600. The molecule has 1 atom stereocenters. The molecular formula is C20H20N2O4. The molecule has 2 heterocycles. The first-order valence-corrected chi connectivity index (χ1v) is 8.40. The highest BCUT2D eigenvalue weighted by Gasteiger charge is 2.57. The summed E-state index contributed by atoms with van der Waals surface area (Å²) in [5, 5.41) is 11.2. The fraction of sp³-hybridized carbons (Fsp3) is 0.300. The third kappa shape index (κ3) is 1.92. The molecule has 2 aromatic carbocycles. The molecule has 0 saturated heterocycles. The smallest absolute Gasteiger partial charge is 0.274 e. The van der Waals surface area contributed by atoms with E-state index in [1.165, 1.54) is 24.8 Å². The lowest BCUT2D eigenvalue weighted by atomic mass is 9.76. The molecule has 0 fully saturated rings. The van der Waals surface area contributed by atoms with Crippen LogP contribution in [0.25, 0.3) is 6.08 Å². The highest BCUT2D eigenvalue weighted by atomic mass is 16.6. The number of anilines is 1. The zero-order chi connectivity index (χ0) is 18.7. The van der Waals surface area contributed by atoms with Crippen LogP contribution in [0.1, 0.15) is 25.0 Å². The second kappa shape index (κ2) is 5.24. The molecule has 4 rings (SSSR count). The summed E-state index contributed by atoms with van der Waals surface area (Å²) in [6.07, 6.45) is 3.87. The molecule has 2 aromatic rings. The molecule has 2 aliphatic heterocycles. The van der Waals surface area contributed by atoms with Crippen molar-refractivity contribution in [3.8, 4) is 11.5 Å². The number of likely N-dealkylation sites (N-methyl/N-ethyl adjacent to an activating group) is 1. The molecule has 0 amide bonds. The van der Waals surface area contributed by atoms with E-state index in [1.807, 2.05) is 31.3 Å². The number of ether oxygens (including phenoxy) is 2. The molecule has 1 unspecified atom stereocenters. The fourth-order valence-corrected chi connectivity index (χ4v) is 4.09. The summed E-state index contributed by atoms with van der Waals surface area (Å²) in [5.74, 6) is 0.881. The highest BCUT2D eigenvalue weighted by Crippen LogP contribution is 2.55. The molecule has 6 nitrogen and oxygen atoms in total. The lowest BCUT2D eigenvalue weighted by molar-refractivity contribution is -0.385. The molecule has 0 bridgehead atoms. The number of hydrogen-bond acceptors (Lipinski definition) is 5. The van der Waals surface area contributed by atoms with Crippen molar-refractivity contribution in [2.45, 2.75) is 25.0 Å². The van der Waals surface area contributed by atoms with E-state index in [9.17, 15) is 10.1 Å². The predicted octanol–water partition coefficient (Wildman–Crippen LogP) is 4.13. The Labute approximate surface area is 151 Å². The van der Waals surface area contributed by atoms with Crippen molar-refractivity contribution in [1.29, 1.82) is 0 Å². The molecule has 0 N–H and O–H groups in total. The topological polar surface area (TPSA) is 64.8 Å². The molecular weight excluding hydrogens is 332 g/mol. The van der Waals surface area contributed by atoms with Crippen LogP contribution in [0.5, 0.6) is 11.5 Å². The number of methoxy groups -OCH3 is 1. The Morgan fingerprint density at radius 2 is 1.96 bits per heavy atom. The predicted molar refractivity (Wildman–Crippen MR) is 99.9 cm³/mol. The maximum Gasteiger partial charge on any atom is 0.274 e. The largest absolute Gasteiger partial charge is 0.493 e. The van der Waals surface area contributed by atoms with E-state index in [-0.39, 0.29) is 11.1 Å². The fourth-order valence-electron chi connectivity index (χ4n) is 4.09. The first-order valence-electron chi connectivity index (χ1n) is 8.40. The Kier molecular flexibility index (Phi) is 3.31. The van der Waals surface area contributed by atoms with Crippen LogP contribution in [0.15, 0.2) is 42.5 Å². The minimum absolute atomic E-state index is 0.0212. The van der Waals surface area contributed by atoms with Gasteiger partial charge in [-0.2, -0.15) is 0 Å². The average Bonchev–Trinajstić information content (AvgIpc) is 2.80. The van der Waals surface area contributed by atoms with Crippen LogP contribution < -0.4 is 14.4 Å². The van der Waals surface area contributed by atoms with Gasteiger partial charge < -0.3 is 14.4 Å². The number of rotatable bonds is 2. The molecule has 0 saturated carbocycles. The third-order valence-electron chi connectivity index (χ3n) is 5.58. The van der Waals surface area contributed by atoms with Crippen molar-refractivity contribution in [3.63, 3.8) is 0 Å². The standard InChI is InChI=1S/C20H20N2O4/c1-19(2)15-7-5-6-8-16(15)21(3)20(19)10-9-13-11-14(22(23)24)12-17(25-4)18(13)26-20/h5-12H,1-4H3. The molecule has 2 aliphatic rings. The molecule has 26 heavy (non-hydrogen) atoms. The third-order valence-corrected chi connectivity index (χ3v) is 5.58. The summed E-state index contributed by atoms with van der Waals surface area (Å²) < 4.78 is 11.9. The van der Waals surface area contributed by atoms with E-state index < -0.39 is 10.6 Å². The van der Waals surface area contributed by atoms with Crippen molar-refractivity contribution in [3.05, 3.63) is 63.7 Å². The van der Waals surface area contributed by atoms with Gasteiger partial charge in [-0.3, -0.25) is 10.1 Å². The van der Waals surface area contributed by atoms with Gasteiger partial charge in [0, 0.05) is 24.4 Å². The molecule has 1 spiro atoms. The summed E-state index contributed by atoms with van der Waals surface area (Å²) in [6, 6.07) is 11.1. The Balaban J connectivity index is 1.89. The van der Waals surface area contributed by atoms with Crippen LogP contribution in [0.4, 0.5) is 11.4 Å². The van der Waals surface area contributed by atoms with Gasteiger partial charge >= 0.3 is 0 Å². The Hall–Kier alpha value is -3.02. The van der Waals surface area contributed by atoms with E-state index in [4.69, 9.17) is 9.47 Å². The zero-order valence-corrected chi connectivity index (χ0v) is 15.1. The van der Waals surface area contributed by atoms with Gasteiger partial charge in [-0.15, -0.1) is 0 Å². The van der Waals surface area contributed by atoms with Crippen LogP contribution in [0.3, 0.4) is 0 Å². The summed E-state index contributed by atoms with van der Waals surface area (Å²) in [6.45, 7) is 4.28. The average molecular weight is 352 g/mol. The van der Waals surface area contributed by atoms with Crippen LogP contribution in [-0.2, 0) is 5.41 Å². The normalized spacial score (nSPS) is 21.9.